The summed E-state index contributed by atoms with van der Waals surface area (Å²) in [6.07, 6.45) is 2.25. The summed E-state index contributed by atoms with van der Waals surface area (Å²) in [4.78, 5) is 20.5. The molecule has 6 nitrogen and oxygen atoms in total. The number of aromatic nitrogens is 2. The molecule has 1 aromatic heterocycles. The summed E-state index contributed by atoms with van der Waals surface area (Å²) >= 11 is 0. The zero-order valence-corrected chi connectivity index (χ0v) is 13.7. The van der Waals surface area contributed by atoms with E-state index in [0.717, 1.165) is 29.8 Å². The normalized spacial score (nSPS) is 10.4. The minimum Gasteiger partial charge on any atom is -0.385 e. The summed E-state index contributed by atoms with van der Waals surface area (Å²) < 4.78 is 4.99. The van der Waals surface area contributed by atoms with Crippen molar-refractivity contribution in [2.45, 2.75) is 20.3 Å². The maximum absolute atomic E-state index is 12.3. The highest BCUT2D eigenvalue weighted by atomic mass is 16.5. The monoisotopic (exact) mass is 314 g/mol. The molecule has 0 aliphatic carbocycles. The van der Waals surface area contributed by atoms with Crippen LogP contribution >= 0.6 is 0 Å². The van der Waals surface area contributed by atoms with E-state index in [9.17, 15) is 4.79 Å². The lowest BCUT2D eigenvalue weighted by atomic mass is 10.1. The standard InChI is InChI=1S/C17H22N4O2/c1-12-7-13(2)9-14(8-12)21-17(22)15-10-16(20-11-19-15)18-5-4-6-23-3/h7-11H,4-6H2,1-3H3,(H,21,22)(H,18,19,20). The van der Waals surface area contributed by atoms with Gasteiger partial charge in [-0.05, 0) is 43.5 Å². The minimum absolute atomic E-state index is 0.252. The molecule has 2 aromatic rings. The number of anilines is 2. The Kier molecular flexibility index (Phi) is 6.05. The molecule has 23 heavy (non-hydrogen) atoms. The number of hydrogen-bond donors (Lipinski definition) is 2. The molecule has 1 aromatic carbocycles. The number of amides is 1. The Labute approximate surface area is 136 Å². The number of carbonyl (C=O) groups excluding carboxylic acids is 1. The van der Waals surface area contributed by atoms with Crippen molar-refractivity contribution < 1.29 is 9.53 Å². The van der Waals surface area contributed by atoms with Crippen LogP contribution in [0.2, 0.25) is 0 Å². The summed E-state index contributed by atoms with van der Waals surface area (Å²) in [6.45, 7) is 5.39. The van der Waals surface area contributed by atoms with Crippen molar-refractivity contribution in [3.8, 4) is 0 Å². The zero-order chi connectivity index (χ0) is 16.7. The molecule has 2 N–H and O–H groups in total. The van der Waals surface area contributed by atoms with Crippen LogP contribution in [-0.2, 0) is 4.74 Å². The Morgan fingerprint density at radius 2 is 1.87 bits per heavy atom. The average molecular weight is 314 g/mol. The Balaban J connectivity index is 2.01. The third-order valence-electron chi connectivity index (χ3n) is 3.21. The lowest BCUT2D eigenvalue weighted by Gasteiger charge is -2.09. The maximum Gasteiger partial charge on any atom is 0.274 e. The second kappa shape index (κ2) is 8.24. The van der Waals surface area contributed by atoms with E-state index in [1.54, 1.807) is 13.2 Å². The van der Waals surface area contributed by atoms with Gasteiger partial charge < -0.3 is 15.4 Å². The molecule has 2 rings (SSSR count). The van der Waals surface area contributed by atoms with Crippen molar-refractivity contribution in [1.29, 1.82) is 0 Å². The predicted molar refractivity (Wildman–Crippen MR) is 90.9 cm³/mol. The number of nitrogens with zero attached hydrogens (tertiary/aromatic N) is 2. The first kappa shape index (κ1) is 16.9. The molecule has 0 saturated carbocycles. The average Bonchev–Trinajstić information content (AvgIpc) is 2.51. The second-order valence-corrected chi connectivity index (χ2v) is 5.39. The van der Waals surface area contributed by atoms with Crippen molar-refractivity contribution in [1.82, 2.24) is 9.97 Å². The van der Waals surface area contributed by atoms with Crippen LogP contribution < -0.4 is 10.6 Å². The minimum atomic E-state index is -0.252. The summed E-state index contributed by atoms with van der Waals surface area (Å²) in [5, 5.41) is 6.01. The van der Waals surface area contributed by atoms with Crippen molar-refractivity contribution in [2.24, 2.45) is 0 Å². The van der Waals surface area contributed by atoms with Gasteiger partial charge >= 0.3 is 0 Å². The molecule has 0 aliphatic rings. The van der Waals surface area contributed by atoms with Crippen LogP contribution in [0.4, 0.5) is 11.5 Å². The molecule has 0 saturated heterocycles. The Morgan fingerprint density at radius 3 is 2.57 bits per heavy atom. The van der Waals surface area contributed by atoms with Gasteiger partial charge in [0.05, 0.1) is 0 Å². The largest absolute Gasteiger partial charge is 0.385 e. The van der Waals surface area contributed by atoms with Crippen LogP contribution in [0, 0.1) is 13.8 Å². The molecule has 0 aliphatic heterocycles. The number of benzene rings is 1. The number of nitrogens with one attached hydrogen (secondary N) is 2. The topological polar surface area (TPSA) is 76.1 Å². The number of hydrogen-bond acceptors (Lipinski definition) is 5. The highest BCUT2D eigenvalue weighted by Crippen LogP contribution is 2.15. The fraction of sp³-hybridized carbons (Fsp3) is 0.353. The van der Waals surface area contributed by atoms with Crippen LogP contribution in [0.1, 0.15) is 28.0 Å². The van der Waals surface area contributed by atoms with Crippen molar-refractivity contribution >= 4 is 17.4 Å². The van der Waals surface area contributed by atoms with E-state index in [2.05, 4.69) is 26.7 Å². The summed E-state index contributed by atoms with van der Waals surface area (Å²) in [7, 11) is 1.67. The van der Waals surface area contributed by atoms with Gasteiger partial charge in [0.1, 0.15) is 17.8 Å². The SMILES string of the molecule is COCCCNc1cc(C(=O)Nc2cc(C)cc(C)c2)ncn1. The number of rotatable bonds is 7. The smallest absolute Gasteiger partial charge is 0.274 e. The third-order valence-corrected chi connectivity index (χ3v) is 3.21. The van der Waals surface area contributed by atoms with Crippen LogP contribution in [0.3, 0.4) is 0 Å². The summed E-state index contributed by atoms with van der Waals surface area (Å²) in [5.74, 6) is 0.374. The van der Waals surface area contributed by atoms with Gasteiger partial charge in [0.15, 0.2) is 0 Å². The molecule has 6 heteroatoms. The predicted octanol–water partition coefficient (Wildman–Crippen LogP) is 2.79. The third kappa shape index (κ3) is 5.34. The molecule has 0 spiro atoms. The van der Waals surface area contributed by atoms with Crippen molar-refractivity contribution in [3.63, 3.8) is 0 Å². The molecule has 1 amide bonds. The number of methoxy groups -OCH3 is 1. The van der Waals surface area contributed by atoms with Gasteiger partial charge in [-0.15, -0.1) is 0 Å². The number of aryl methyl sites for hydroxylation is 2. The summed E-state index contributed by atoms with van der Waals surface area (Å²) in [6, 6.07) is 7.55. The lowest BCUT2D eigenvalue weighted by Crippen LogP contribution is -2.15. The van der Waals surface area contributed by atoms with E-state index in [1.807, 2.05) is 26.0 Å². The first-order chi connectivity index (χ1) is 11.1. The molecule has 0 atom stereocenters. The zero-order valence-electron chi connectivity index (χ0n) is 13.7. The lowest BCUT2D eigenvalue weighted by molar-refractivity contribution is 0.102. The molecule has 0 unspecified atom stereocenters. The van der Waals surface area contributed by atoms with Crippen LogP contribution in [-0.4, -0.2) is 36.1 Å². The molecule has 0 bridgehead atoms. The van der Waals surface area contributed by atoms with E-state index in [1.165, 1.54) is 6.33 Å². The summed E-state index contributed by atoms with van der Waals surface area (Å²) in [5.41, 5.74) is 3.29. The van der Waals surface area contributed by atoms with E-state index >= 15 is 0 Å². The molecule has 1 heterocycles. The second-order valence-electron chi connectivity index (χ2n) is 5.39. The molecular weight excluding hydrogens is 292 g/mol. The van der Waals surface area contributed by atoms with Crippen LogP contribution in [0.5, 0.6) is 0 Å². The fourth-order valence-corrected chi connectivity index (χ4v) is 2.25. The van der Waals surface area contributed by atoms with Gasteiger partial charge in [0.25, 0.3) is 5.91 Å². The molecule has 0 radical (unpaired) electrons. The van der Waals surface area contributed by atoms with Gasteiger partial charge in [0.2, 0.25) is 0 Å². The maximum atomic E-state index is 12.3. The number of ether oxygens (including phenoxy) is 1. The van der Waals surface area contributed by atoms with Gasteiger partial charge in [0, 0.05) is 32.0 Å². The van der Waals surface area contributed by atoms with E-state index in [-0.39, 0.29) is 5.91 Å². The first-order valence-corrected chi connectivity index (χ1v) is 7.53. The number of carbonyl (C=O) groups is 1. The Bertz CT molecular complexity index is 653. The van der Waals surface area contributed by atoms with E-state index in [0.29, 0.717) is 18.1 Å². The highest BCUT2D eigenvalue weighted by molar-refractivity contribution is 6.03. The van der Waals surface area contributed by atoms with E-state index in [4.69, 9.17) is 4.74 Å². The fourth-order valence-electron chi connectivity index (χ4n) is 2.25. The van der Waals surface area contributed by atoms with Gasteiger partial charge in [-0.25, -0.2) is 9.97 Å². The van der Waals surface area contributed by atoms with Crippen LogP contribution in [0.15, 0.2) is 30.6 Å². The Morgan fingerprint density at radius 1 is 1.13 bits per heavy atom. The quantitative estimate of drug-likeness (QED) is 0.769. The van der Waals surface area contributed by atoms with Gasteiger partial charge in [-0.2, -0.15) is 0 Å². The first-order valence-electron chi connectivity index (χ1n) is 7.53. The molecule has 0 fully saturated rings. The van der Waals surface area contributed by atoms with Crippen molar-refractivity contribution in [2.75, 3.05) is 30.9 Å². The van der Waals surface area contributed by atoms with Gasteiger partial charge in [-0.3, -0.25) is 4.79 Å². The van der Waals surface area contributed by atoms with Crippen LogP contribution in [0.25, 0.3) is 0 Å². The highest BCUT2D eigenvalue weighted by Gasteiger charge is 2.09. The van der Waals surface area contributed by atoms with Crippen molar-refractivity contribution in [3.05, 3.63) is 47.4 Å². The van der Waals surface area contributed by atoms with E-state index < -0.39 is 0 Å². The Hall–Kier alpha value is -2.47. The van der Waals surface area contributed by atoms with Gasteiger partial charge in [-0.1, -0.05) is 6.07 Å². The molecule has 122 valence electrons. The molecular formula is C17H22N4O2.